The molecule has 0 saturated carbocycles. The average Bonchev–Trinajstić information content (AvgIpc) is 3.99. The molecule has 21 heteroatoms. The summed E-state index contributed by atoms with van der Waals surface area (Å²) >= 11 is 3.33. The number of hydrogen-bond donors (Lipinski definition) is 1. The molecule has 0 spiro atoms. The Bertz CT molecular complexity index is 3200. The smallest absolute Gasteiger partial charge is 0.406 e. The fraction of sp³-hybridized carbons (Fsp3) is 0.167. The molecule has 8 rings (SSSR count). The molecule has 1 N–H and O–H groups in total. The Hall–Kier alpha value is -7.94. The van der Waals surface area contributed by atoms with Crippen LogP contribution in [0.5, 0.6) is 11.5 Å². The van der Waals surface area contributed by atoms with Crippen LogP contribution in [0, 0.1) is 13.8 Å². The molecule has 356 valence electrons. The quantitative estimate of drug-likeness (QED) is 0.0735. The Morgan fingerprint density at radius 1 is 0.638 bits per heavy atom. The molecular weight excluding hydrogens is 982 g/mol. The lowest BCUT2D eigenvalue weighted by atomic mass is 10.1. The maximum absolute atomic E-state index is 13.2. The van der Waals surface area contributed by atoms with E-state index < -0.39 is 12.7 Å². The van der Waals surface area contributed by atoms with Crippen LogP contribution in [0.25, 0.3) is 45.7 Å². The number of carbonyl (C=O) groups is 2. The van der Waals surface area contributed by atoms with Gasteiger partial charge < -0.3 is 28.1 Å². The molecule has 0 saturated heterocycles. The van der Waals surface area contributed by atoms with Gasteiger partial charge in [-0.1, -0.05) is 62.6 Å². The van der Waals surface area contributed by atoms with Crippen molar-refractivity contribution in [2.75, 3.05) is 0 Å². The molecule has 0 unspecified atom stereocenters. The number of H-pyrrole nitrogens is 1. The normalized spacial score (nSPS) is 11.2. The number of carbonyl (C=O) groups excluding carboxylic acids is 2. The number of aromatic amines is 1. The van der Waals surface area contributed by atoms with Gasteiger partial charge in [-0.25, -0.2) is 0 Å². The Balaban J connectivity index is 0.000000193. The van der Waals surface area contributed by atoms with E-state index in [9.17, 15) is 45.5 Å². The summed E-state index contributed by atoms with van der Waals surface area (Å²) in [5.41, 5.74) is 5.07. The zero-order valence-corrected chi connectivity index (χ0v) is 38.2. The molecule has 0 atom stereocenters. The first kappa shape index (κ1) is 50.5. The molecule has 4 heterocycles. The summed E-state index contributed by atoms with van der Waals surface area (Å²) in [5.74, 6) is -0.453. The highest BCUT2D eigenvalue weighted by molar-refractivity contribution is 9.08. The van der Waals surface area contributed by atoms with Crippen LogP contribution in [0.4, 0.5) is 26.3 Å². The van der Waals surface area contributed by atoms with Gasteiger partial charge in [0.25, 0.3) is 22.9 Å². The number of pyridine rings is 2. The highest BCUT2D eigenvalue weighted by atomic mass is 79.9. The summed E-state index contributed by atoms with van der Waals surface area (Å²) in [6.45, 7) is 6.80. The number of alkyl halides is 7. The van der Waals surface area contributed by atoms with Crippen molar-refractivity contribution in [2.24, 2.45) is 0 Å². The monoisotopic (exact) mass is 1020 g/mol. The SMILES string of the molecule is CC(=O)c1cccc(CBr)c1.CC(=O)c1cccc(Cn2c(C)ccc(-c3nc(-c4ccc(OC(F)(F)F)cc4)no3)c2=O)c1.Cc1ccc(-c2nc(-c3ccc(OC(F)(F)F)cc3)no2)c(=O)[nH]1. The second-order valence-electron chi connectivity index (χ2n) is 14.8. The van der Waals surface area contributed by atoms with Gasteiger partial charge >= 0.3 is 12.7 Å². The number of ketones is 2. The number of aromatic nitrogens is 6. The largest absolute Gasteiger partial charge is 0.573 e. The third kappa shape index (κ3) is 14.0. The number of halogens is 7. The summed E-state index contributed by atoms with van der Waals surface area (Å²) in [7, 11) is 0. The van der Waals surface area contributed by atoms with Gasteiger partial charge in [-0.05, 0) is 124 Å². The van der Waals surface area contributed by atoms with E-state index in [4.69, 9.17) is 9.05 Å². The Morgan fingerprint density at radius 2 is 1.10 bits per heavy atom. The maximum atomic E-state index is 13.2. The molecule has 0 bridgehead atoms. The summed E-state index contributed by atoms with van der Waals surface area (Å²) in [6, 6.07) is 31.1. The van der Waals surface area contributed by atoms with Crippen LogP contribution in [0.2, 0.25) is 0 Å². The Morgan fingerprint density at radius 3 is 1.57 bits per heavy atom. The average molecular weight is 1020 g/mol. The Kier molecular flexibility index (Phi) is 15.9. The van der Waals surface area contributed by atoms with Crippen molar-refractivity contribution < 1.29 is 54.5 Å². The van der Waals surface area contributed by atoms with Gasteiger partial charge in [-0.15, -0.1) is 26.3 Å². The van der Waals surface area contributed by atoms with E-state index in [0.717, 1.165) is 46.3 Å². The van der Waals surface area contributed by atoms with Crippen LogP contribution in [-0.2, 0) is 11.9 Å². The highest BCUT2D eigenvalue weighted by Crippen LogP contribution is 2.28. The van der Waals surface area contributed by atoms with Gasteiger partial charge in [-0.2, -0.15) is 9.97 Å². The van der Waals surface area contributed by atoms with Crippen LogP contribution in [0.1, 0.15) is 57.1 Å². The Labute approximate surface area is 395 Å². The molecule has 0 aliphatic rings. The number of rotatable bonds is 11. The molecule has 4 aromatic carbocycles. The highest BCUT2D eigenvalue weighted by Gasteiger charge is 2.32. The van der Waals surface area contributed by atoms with Crippen molar-refractivity contribution in [3.05, 3.63) is 176 Å². The number of ether oxygens (including phenoxy) is 2. The van der Waals surface area contributed by atoms with Gasteiger partial charge in [0.15, 0.2) is 11.6 Å². The molecule has 69 heavy (non-hydrogen) atoms. The number of benzene rings is 4. The lowest BCUT2D eigenvalue weighted by Crippen LogP contribution is -2.24. The van der Waals surface area contributed by atoms with E-state index in [1.54, 1.807) is 63.2 Å². The zero-order chi connectivity index (χ0) is 50.0. The van der Waals surface area contributed by atoms with E-state index in [-0.39, 0.29) is 75.3 Å². The second-order valence-corrected chi connectivity index (χ2v) is 15.4. The van der Waals surface area contributed by atoms with E-state index >= 15 is 0 Å². The van der Waals surface area contributed by atoms with E-state index in [0.29, 0.717) is 28.1 Å². The van der Waals surface area contributed by atoms with Crippen molar-refractivity contribution in [3.63, 3.8) is 0 Å². The number of nitrogens with zero attached hydrogens (tertiary/aromatic N) is 5. The first-order chi connectivity index (χ1) is 32.7. The van der Waals surface area contributed by atoms with Crippen molar-refractivity contribution in [3.8, 4) is 57.2 Å². The first-order valence-corrected chi connectivity index (χ1v) is 21.3. The lowest BCUT2D eigenvalue weighted by Gasteiger charge is -2.11. The first-order valence-electron chi connectivity index (χ1n) is 20.2. The van der Waals surface area contributed by atoms with E-state index in [1.165, 1.54) is 35.8 Å². The van der Waals surface area contributed by atoms with E-state index in [2.05, 4.69) is 50.7 Å². The second kappa shape index (κ2) is 21.8. The molecule has 0 radical (unpaired) electrons. The third-order valence-corrected chi connectivity index (χ3v) is 10.3. The van der Waals surface area contributed by atoms with Crippen molar-refractivity contribution in [1.29, 1.82) is 0 Å². The standard InChI is InChI=1S/C24H18F3N3O4.C15H10F3N3O3.C9H9BrO/c1-14-6-11-20(23(32)30(14)13-16-4-3-5-18(12-16)15(2)31)22-28-21(29-34-22)17-7-9-19(10-8-17)33-24(25,26)27;1-8-2-7-11(13(22)19-8)14-20-12(21-24-14)9-3-5-10(6-4-9)23-15(16,17)18;1-7(11)9-4-2-3-8(5-9)6-10/h3-12H,13H2,1-2H3;2-7H,1H3,(H,19,22);2-5H,6H2,1H3. The summed E-state index contributed by atoms with van der Waals surface area (Å²) < 4.78 is 92.9. The minimum absolute atomic E-state index is 0.0156. The number of hydrogen-bond acceptors (Lipinski definition) is 12. The number of aryl methyl sites for hydroxylation is 2. The van der Waals surface area contributed by atoms with E-state index in [1.807, 2.05) is 30.3 Å². The van der Waals surface area contributed by atoms with Crippen LogP contribution < -0.4 is 20.6 Å². The summed E-state index contributed by atoms with van der Waals surface area (Å²) in [5, 5.41) is 8.37. The fourth-order valence-electron chi connectivity index (χ4n) is 6.23. The van der Waals surface area contributed by atoms with Crippen LogP contribution >= 0.6 is 15.9 Å². The van der Waals surface area contributed by atoms with Gasteiger partial charge in [0, 0.05) is 39.0 Å². The lowest BCUT2D eigenvalue weighted by molar-refractivity contribution is -0.275. The summed E-state index contributed by atoms with van der Waals surface area (Å²) in [4.78, 5) is 58.5. The van der Waals surface area contributed by atoms with Crippen LogP contribution in [-0.4, -0.2) is 54.1 Å². The molecule has 8 aromatic rings. The van der Waals surface area contributed by atoms with Crippen LogP contribution in [0.3, 0.4) is 0 Å². The molecule has 0 aliphatic heterocycles. The minimum atomic E-state index is -4.79. The molecule has 4 aromatic heterocycles. The van der Waals surface area contributed by atoms with Crippen molar-refractivity contribution in [2.45, 2.75) is 52.3 Å². The summed E-state index contributed by atoms with van der Waals surface area (Å²) in [6.07, 6.45) is -9.55. The molecule has 14 nitrogen and oxygen atoms in total. The predicted octanol–water partition coefficient (Wildman–Crippen LogP) is 11.1. The molecule has 0 fully saturated rings. The number of Topliss-reactive ketones (excluding diaryl/α,β-unsaturated/α-hetero) is 2. The van der Waals surface area contributed by atoms with Gasteiger partial charge in [0.2, 0.25) is 11.6 Å². The zero-order valence-electron chi connectivity index (χ0n) is 36.6. The van der Waals surface area contributed by atoms with Gasteiger partial charge in [0.05, 0.1) is 6.54 Å². The van der Waals surface area contributed by atoms with Crippen molar-refractivity contribution in [1.82, 2.24) is 29.8 Å². The topological polar surface area (TPSA) is 185 Å². The molecular formula is C48H37BrF6N6O8. The number of nitrogens with one attached hydrogen (secondary N) is 1. The molecule has 0 aliphatic carbocycles. The third-order valence-electron chi connectivity index (χ3n) is 9.61. The van der Waals surface area contributed by atoms with Crippen molar-refractivity contribution >= 4 is 27.5 Å². The van der Waals surface area contributed by atoms with Gasteiger partial charge in [-0.3, -0.25) is 19.2 Å². The molecule has 0 amide bonds. The van der Waals surface area contributed by atoms with Crippen LogP contribution in [0.15, 0.2) is 140 Å². The minimum Gasteiger partial charge on any atom is -0.406 e. The fourth-order valence-corrected chi connectivity index (χ4v) is 6.58. The van der Waals surface area contributed by atoms with Gasteiger partial charge in [0.1, 0.15) is 22.6 Å². The predicted molar refractivity (Wildman–Crippen MR) is 243 cm³/mol. The maximum Gasteiger partial charge on any atom is 0.573 e.